The van der Waals surface area contributed by atoms with E-state index in [1.54, 1.807) is 0 Å². The molecule has 3 heteroatoms. The zero-order valence-electron chi connectivity index (χ0n) is 17.0. The van der Waals surface area contributed by atoms with Gasteiger partial charge >= 0.3 is 0 Å². The van der Waals surface area contributed by atoms with Gasteiger partial charge in [0.25, 0.3) is 0 Å². The predicted octanol–water partition coefficient (Wildman–Crippen LogP) is 6.40. The minimum Gasteiger partial charge on any atom is -0.396 e. The molecule has 3 nitrogen and oxygen atoms in total. The van der Waals surface area contributed by atoms with Crippen molar-refractivity contribution in [3.05, 3.63) is 12.2 Å². The van der Waals surface area contributed by atoms with Crippen LogP contribution in [0, 0.1) is 0 Å². The lowest BCUT2D eigenvalue weighted by atomic mass is 10.1. The number of rotatable bonds is 20. The van der Waals surface area contributed by atoms with Crippen LogP contribution in [0.3, 0.4) is 0 Å². The van der Waals surface area contributed by atoms with Crippen molar-refractivity contribution in [2.75, 3.05) is 19.8 Å². The third-order valence-electron chi connectivity index (χ3n) is 4.38. The number of unbranched alkanes of at least 4 members (excludes halogenated alkanes) is 9. The van der Waals surface area contributed by atoms with E-state index in [0.717, 1.165) is 51.7 Å². The maximum Gasteiger partial charge on any atom is 0.157 e. The van der Waals surface area contributed by atoms with Gasteiger partial charge in [-0.2, -0.15) is 0 Å². The Labute approximate surface area is 157 Å². The van der Waals surface area contributed by atoms with Crippen molar-refractivity contribution in [1.29, 1.82) is 0 Å². The van der Waals surface area contributed by atoms with Crippen LogP contribution in [-0.2, 0) is 9.47 Å². The van der Waals surface area contributed by atoms with Gasteiger partial charge in [0.1, 0.15) is 0 Å². The molecule has 0 amide bonds. The lowest BCUT2D eigenvalue weighted by Crippen LogP contribution is -2.19. The molecule has 0 aliphatic rings. The van der Waals surface area contributed by atoms with Gasteiger partial charge in [0.05, 0.1) is 0 Å². The van der Waals surface area contributed by atoms with Gasteiger partial charge in [-0.15, -0.1) is 0 Å². The van der Waals surface area contributed by atoms with E-state index in [1.807, 2.05) is 0 Å². The summed E-state index contributed by atoms with van der Waals surface area (Å²) in [6.07, 6.45) is 20.7. The van der Waals surface area contributed by atoms with Crippen molar-refractivity contribution >= 4 is 0 Å². The van der Waals surface area contributed by atoms with Gasteiger partial charge < -0.3 is 14.6 Å². The van der Waals surface area contributed by atoms with Crippen molar-refractivity contribution < 1.29 is 14.6 Å². The first-order valence-electron chi connectivity index (χ1n) is 10.8. The number of hydrogen-bond donors (Lipinski definition) is 1. The van der Waals surface area contributed by atoms with Gasteiger partial charge in [-0.25, -0.2) is 0 Å². The topological polar surface area (TPSA) is 38.7 Å². The molecule has 0 aromatic heterocycles. The van der Waals surface area contributed by atoms with Gasteiger partial charge in [0, 0.05) is 19.8 Å². The summed E-state index contributed by atoms with van der Waals surface area (Å²) in [4.78, 5) is 0. The molecule has 0 atom stereocenters. The minimum absolute atomic E-state index is 0.0383. The van der Waals surface area contributed by atoms with E-state index in [1.165, 1.54) is 51.4 Å². The van der Waals surface area contributed by atoms with Gasteiger partial charge in [-0.3, -0.25) is 0 Å². The molecule has 25 heavy (non-hydrogen) atoms. The van der Waals surface area contributed by atoms with Gasteiger partial charge in [-0.1, -0.05) is 77.4 Å². The van der Waals surface area contributed by atoms with E-state index < -0.39 is 0 Å². The minimum atomic E-state index is -0.0383. The van der Waals surface area contributed by atoms with Crippen LogP contribution in [0.15, 0.2) is 12.2 Å². The number of allylic oxidation sites excluding steroid dienone is 1. The van der Waals surface area contributed by atoms with Crippen molar-refractivity contribution in [1.82, 2.24) is 0 Å². The van der Waals surface area contributed by atoms with E-state index in [2.05, 4.69) is 26.0 Å². The van der Waals surface area contributed by atoms with Crippen molar-refractivity contribution in [3.8, 4) is 0 Å². The quantitative estimate of drug-likeness (QED) is 0.156. The van der Waals surface area contributed by atoms with Gasteiger partial charge in [0.2, 0.25) is 0 Å². The smallest absolute Gasteiger partial charge is 0.157 e. The molecule has 150 valence electrons. The molecule has 0 aromatic carbocycles. The van der Waals surface area contributed by atoms with Gasteiger partial charge in [0.15, 0.2) is 6.29 Å². The highest BCUT2D eigenvalue weighted by Crippen LogP contribution is 2.11. The van der Waals surface area contributed by atoms with Crippen LogP contribution in [0.1, 0.15) is 104 Å². The Bertz CT molecular complexity index is 250. The van der Waals surface area contributed by atoms with Crippen LogP contribution in [0.5, 0.6) is 0 Å². The summed E-state index contributed by atoms with van der Waals surface area (Å²) in [6.45, 7) is 6.38. The largest absolute Gasteiger partial charge is 0.396 e. The fraction of sp³-hybridized carbons (Fsp3) is 0.909. The Hall–Kier alpha value is -0.380. The number of ether oxygens (including phenoxy) is 2. The highest BCUT2D eigenvalue weighted by atomic mass is 16.7. The molecule has 0 aliphatic carbocycles. The molecule has 0 unspecified atom stereocenters. The number of aliphatic hydroxyl groups is 1. The third kappa shape index (κ3) is 19.8. The molecular formula is C22H44O3. The molecule has 0 radical (unpaired) electrons. The van der Waals surface area contributed by atoms with E-state index in [-0.39, 0.29) is 12.9 Å². The molecule has 0 saturated carbocycles. The predicted molar refractivity (Wildman–Crippen MR) is 108 cm³/mol. The average Bonchev–Trinajstić information content (AvgIpc) is 2.63. The zero-order chi connectivity index (χ0) is 18.4. The van der Waals surface area contributed by atoms with Crippen molar-refractivity contribution in [3.63, 3.8) is 0 Å². The molecule has 0 fully saturated rings. The number of aliphatic hydroxyl groups excluding tert-OH is 1. The highest BCUT2D eigenvalue weighted by Gasteiger charge is 2.08. The Morgan fingerprint density at radius 2 is 1.20 bits per heavy atom. The van der Waals surface area contributed by atoms with E-state index in [0.29, 0.717) is 0 Å². The van der Waals surface area contributed by atoms with Crippen LogP contribution in [0.25, 0.3) is 0 Å². The second-order valence-corrected chi connectivity index (χ2v) is 6.91. The monoisotopic (exact) mass is 356 g/mol. The highest BCUT2D eigenvalue weighted by molar-refractivity contribution is 4.81. The van der Waals surface area contributed by atoms with Crippen molar-refractivity contribution in [2.45, 2.75) is 110 Å². The van der Waals surface area contributed by atoms with Crippen LogP contribution in [0.4, 0.5) is 0 Å². The first kappa shape index (κ1) is 24.6. The summed E-state index contributed by atoms with van der Waals surface area (Å²) in [7, 11) is 0. The molecule has 0 saturated heterocycles. The lowest BCUT2D eigenvalue weighted by Gasteiger charge is -2.18. The van der Waals surface area contributed by atoms with E-state index in [9.17, 15) is 0 Å². The third-order valence-corrected chi connectivity index (χ3v) is 4.38. The fourth-order valence-electron chi connectivity index (χ4n) is 2.77. The molecule has 0 rings (SSSR count). The molecule has 1 N–H and O–H groups in total. The average molecular weight is 357 g/mol. The van der Waals surface area contributed by atoms with Crippen LogP contribution < -0.4 is 0 Å². The molecular weight excluding hydrogens is 312 g/mol. The molecule has 0 bridgehead atoms. The SMILES string of the molecule is CCCCCCCOC(CCC/C=C/CCO)OCCCCCCC. The van der Waals surface area contributed by atoms with E-state index >= 15 is 0 Å². The summed E-state index contributed by atoms with van der Waals surface area (Å²) in [5, 5.41) is 8.77. The summed E-state index contributed by atoms with van der Waals surface area (Å²) >= 11 is 0. The molecule has 0 aromatic rings. The Kier molecular flexibility index (Phi) is 21.3. The fourth-order valence-corrected chi connectivity index (χ4v) is 2.77. The molecule has 0 aliphatic heterocycles. The summed E-state index contributed by atoms with van der Waals surface area (Å²) < 4.78 is 12.0. The Morgan fingerprint density at radius 3 is 1.72 bits per heavy atom. The van der Waals surface area contributed by atoms with Gasteiger partial charge in [-0.05, 0) is 38.5 Å². The second-order valence-electron chi connectivity index (χ2n) is 6.91. The standard InChI is InChI=1S/C22H44O3/c1-3-5-7-12-16-20-24-22(18-14-10-9-11-15-19-23)25-21-17-13-8-6-4-2/h9,11,22-23H,3-8,10,12-21H2,1-2H3/b11-9+. The first-order chi connectivity index (χ1) is 12.3. The van der Waals surface area contributed by atoms with E-state index in [4.69, 9.17) is 14.6 Å². The maximum absolute atomic E-state index is 8.77. The van der Waals surface area contributed by atoms with Crippen LogP contribution >= 0.6 is 0 Å². The Balaban J connectivity index is 3.83. The van der Waals surface area contributed by atoms with Crippen LogP contribution in [0.2, 0.25) is 0 Å². The maximum atomic E-state index is 8.77. The Morgan fingerprint density at radius 1 is 0.680 bits per heavy atom. The first-order valence-corrected chi connectivity index (χ1v) is 10.8. The second kappa shape index (κ2) is 21.7. The summed E-state index contributed by atoms with van der Waals surface area (Å²) in [6, 6.07) is 0. The molecule has 0 heterocycles. The summed E-state index contributed by atoms with van der Waals surface area (Å²) in [5.41, 5.74) is 0. The summed E-state index contributed by atoms with van der Waals surface area (Å²) in [5.74, 6) is 0. The van der Waals surface area contributed by atoms with Crippen LogP contribution in [-0.4, -0.2) is 31.2 Å². The van der Waals surface area contributed by atoms with Crippen molar-refractivity contribution in [2.24, 2.45) is 0 Å². The normalized spacial score (nSPS) is 11.8. The number of hydrogen-bond acceptors (Lipinski definition) is 3. The zero-order valence-corrected chi connectivity index (χ0v) is 17.0. The lowest BCUT2D eigenvalue weighted by molar-refractivity contribution is -0.147. The molecule has 0 spiro atoms.